The predicted octanol–water partition coefficient (Wildman–Crippen LogP) is 5.84. The molecular weight excluding hydrogens is 641 g/mol. The number of amides is 2. The maximum Gasteiger partial charge on any atom is 0.303 e. The number of carbonyl (C=O) groups is 4. The number of aliphatic hydroxyl groups is 1. The van der Waals surface area contributed by atoms with Crippen molar-refractivity contribution in [2.24, 2.45) is 17.8 Å². The lowest BCUT2D eigenvalue weighted by Gasteiger charge is -2.39. The molecule has 1 aliphatic rings. The van der Waals surface area contributed by atoms with Crippen molar-refractivity contribution in [3.05, 3.63) is 52.0 Å². The van der Waals surface area contributed by atoms with Gasteiger partial charge in [-0.05, 0) is 56.7 Å². The van der Waals surface area contributed by atoms with Gasteiger partial charge in [-0.25, -0.2) is 4.98 Å². The Hall–Kier alpha value is -3.15. The largest absolute Gasteiger partial charge is 0.455 e. The van der Waals surface area contributed by atoms with Crippen LogP contribution in [0.5, 0.6) is 0 Å². The van der Waals surface area contributed by atoms with E-state index in [2.05, 4.69) is 29.0 Å². The Bertz CT molecular complexity index is 1350. The monoisotopic (exact) mass is 698 g/mol. The number of likely N-dealkylation sites (N-methyl/N-ethyl adjacent to an activating group) is 1. The summed E-state index contributed by atoms with van der Waals surface area (Å²) in [6.45, 7) is 12.8. The fourth-order valence-corrected chi connectivity index (χ4v) is 7.62. The molecule has 2 aromatic rings. The summed E-state index contributed by atoms with van der Waals surface area (Å²) in [5.41, 5.74) is 1.16. The first-order valence-electron chi connectivity index (χ1n) is 18.0. The number of hydrogen-bond acceptors (Lipinski definition) is 9. The Morgan fingerprint density at radius 2 is 1.84 bits per heavy atom. The molecule has 0 saturated carbocycles. The number of ketones is 1. The molecule has 6 atom stereocenters. The number of piperidine rings is 1. The summed E-state index contributed by atoms with van der Waals surface area (Å²) in [4.78, 5) is 62.4. The van der Waals surface area contributed by atoms with Gasteiger partial charge in [0, 0.05) is 43.6 Å². The highest BCUT2D eigenvalue weighted by Gasteiger charge is 2.38. The third-order valence-electron chi connectivity index (χ3n) is 9.80. The molecule has 0 aliphatic carbocycles. The van der Waals surface area contributed by atoms with Gasteiger partial charge in [0.15, 0.2) is 11.9 Å². The second-order valence-electron chi connectivity index (χ2n) is 13.9. The van der Waals surface area contributed by atoms with Crippen LogP contribution < -0.4 is 5.32 Å². The number of esters is 1. The smallest absolute Gasteiger partial charge is 0.303 e. The zero-order chi connectivity index (χ0) is 36.1. The van der Waals surface area contributed by atoms with Gasteiger partial charge in [-0.15, -0.1) is 11.3 Å². The average Bonchev–Trinajstić information content (AvgIpc) is 3.58. The summed E-state index contributed by atoms with van der Waals surface area (Å²) in [5, 5.41) is 14.9. The standard InChI is InChI=1S/C38H58N4O6S/c1-8-18-42(38(47)30(26(5)9-2)21-34(45)32-17-13-14-19-41(32)7)33(25(3)4)22-35(48-27(6)44)37-40-31(24-49-37)36(46)39-29(23-43)20-28-15-11-10-12-16-28/h10-12,15-16,24-26,29-30,32-33,35,43H,8-9,13-14,17-23H2,1-7H3,(H,39,46)/t26-,29-,30-,32+,33+,35+/m0/s1. The van der Waals surface area contributed by atoms with Crippen LogP contribution in [0, 0.1) is 17.8 Å². The Morgan fingerprint density at radius 3 is 2.43 bits per heavy atom. The summed E-state index contributed by atoms with van der Waals surface area (Å²) >= 11 is 1.23. The highest BCUT2D eigenvalue weighted by atomic mass is 32.1. The summed E-state index contributed by atoms with van der Waals surface area (Å²) in [7, 11) is 2.00. The quantitative estimate of drug-likeness (QED) is 0.175. The van der Waals surface area contributed by atoms with Crippen molar-refractivity contribution in [1.29, 1.82) is 0 Å². The molecule has 272 valence electrons. The number of aromatic nitrogens is 1. The first-order chi connectivity index (χ1) is 23.4. The number of rotatable bonds is 19. The van der Waals surface area contributed by atoms with Crippen LogP contribution in [-0.2, 0) is 25.5 Å². The number of Topliss-reactive ketones (excluding diaryl/α,β-unsaturated/α-hetero) is 1. The van der Waals surface area contributed by atoms with Crippen molar-refractivity contribution in [2.75, 3.05) is 26.7 Å². The predicted molar refractivity (Wildman–Crippen MR) is 193 cm³/mol. The maximum atomic E-state index is 14.5. The second kappa shape index (κ2) is 19.9. The molecule has 2 N–H and O–H groups in total. The molecule has 1 fully saturated rings. The number of ether oxygens (including phenoxy) is 1. The van der Waals surface area contributed by atoms with Crippen LogP contribution in [0.4, 0.5) is 0 Å². The van der Waals surface area contributed by atoms with Gasteiger partial charge in [-0.1, -0.05) is 77.8 Å². The zero-order valence-electron chi connectivity index (χ0n) is 30.5. The van der Waals surface area contributed by atoms with Crippen molar-refractivity contribution in [2.45, 2.75) is 117 Å². The molecule has 10 nitrogen and oxygen atoms in total. The number of nitrogens with one attached hydrogen (secondary N) is 1. The molecule has 0 bridgehead atoms. The molecule has 3 rings (SSSR count). The first-order valence-corrected chi connectivity index (χ1v) is 18.9. The Morgan fingerprint density at radius 1 is 1.12 bits per heavy atom. The summed E-state index contributed by atoms with van der Waals surface area (Å²) in [6, 6.07) is 8.67. The van der Waals surface area contributed by atoms with Gasteiger partial charge >= 0.3 is 5.97 Å². The van der Waals surface area contributed by atoms with Crippen LogP contribution in [0.1, 0.15) is 114 Å². The van der Waals surface area contributed by atoms with E-state index in [1.807, 2.05) is 63.1 Å². The lowest BCUT2D eigenvalue weighted by atomic mass is 9.82. The summed E-state index contributed by atoms with van der Waals surface area (Å²) < 4.78 is 5.82. The van der Waals surface area contributed by atoms with E-state index < -0.39 is 29.9 Å². The van der Waals surface area contributed by atoms with Crippen LogP contribution in [0.2, 0.25) is 0 Å². The minimum Gasteiger partial charge on any atom is -0.455 e. The Balaban J connectivity index is 1.84. The number of carbonyl (C=O) groups excluding carboxylic acids is 4. The highest BCUT2D eigenvalue weighted by molar-refractivity contribution is 7.09. The Kier molecular flexibility index (Phi) is 16.3. The van der Waals surface area contributed by atoms with E-state index in [-0.39, 0.29) is 54.3 Å². The fourth-order valence-electron chi connectivity index (χ4n) is 6.78. The lowest BCUT2D eigenvalue weighted by molar-refractivity contribution is -0.150. The fraction of sp³-hybridized carbons (Fsp3) is 0.658. The molecule has 1 aromatic carbocycles. The van der Waals surface area contributed by atoms with Crippen molar-refractivity contribution >= 4 is 34.9 Å². The average molecular weight is 699 g/mol. The van der Waals surface area contributed by atoms with E-state index >= 15 is 0 Å². The number of likely N-dealkylation sites (tertiary alicyclic amines) is 1. The third-order valence-corrected chi connectivity index (χ3v) is 10.7. The van der Waals surface area contributed by atoms with E-state index in [1.165, 1.54) is 18.3 Å². The van der Waals surface area contributed by atoms with Gasteiger partial charge in [-0.3, -0.25) is 24.1 Å². The molecule has 1 aromatic heterocycles. The second-order valence-corrected chi connectivity index (χ2v) is 14.8. The van der Waals surface area contributed by atoms with Crippen molar-refractivity contribution in [3.63, 3.8) is 0 Å². The Labute approximate surface area is 297 Å². The van der Waals surface area contributed by atoms with Crippen LogP contribution in [0.3, 0.4) is 0 Å². The molecule has 0 spiro atoms. The molecule has 0 unspecified atom stereocenters. The minimum atomic E-state index is -0.777. The highest BCUT2D eigenvalue weighted by Crippen LogP contribution is 2.33. The normalized spacial score (nSPS) is 18.3. The summed E-state index contributed by atoms with van der Waals surface area (Å²) in [5.74, 6) is -1.22. The number of thiazole rings is 1. The minimum absolute atomic E-state index is 0.0114. The SMILES string of the molecule is CCCN(C(=O)[C@@H](CC(=O)[C@H]1CCCCN1C)[C@@H](C)CC)[C@H](C[C@@H](OC(C)=O)c1nc(C(=O)N[C@H](CO)Cc2ccccc2)cs1)C(C)C. The first kappa shape index (κ1) is 40.3. The van der Waals surface area contributed by atoms with Gasteiger partial charge < -0.3 is 20.1 Å². The third kappa shape index (κ3) is 11.7. The molecule has 1 saturated heterocycles. The number of aliphatic hydroxyl groups excluding tert-OH is 1. The lowest BCUT2D eigenvalue weighted by Crippen LogP contribution is -2.50. The van der Waals surface area contributed by atoms with Gasteiger partial charge in [0.05, 0.1) is 18.7 Å². The molecule has 49 heavy (non-hydrogen) atoms. The topological polar surface area (TPSA) is 129 Å². The van der Waals surface area contributed by atoms with E-state index in [0.29, 0.717) is 24.4 Å². The van der Waals surface area contributed by atoms with Crippen LogP contribution in [-0.4, -0.2) is 88.3 Å². The number of benzene rings is 1. The van der Waals surface area contributed by atoms with Crippen molar-refractivity contribution in [3.8, 4) is 0 Å². The van der Waals surface area contributed by atoms with Crippen LogP contribution >= 0.6 is 11.3 Å². The van der Waals surface area contributed by atoms with Gasteiger partial charge in [0.2, 0.25) is 5.91 Å². The maximum absolute atomic E-state index is 14.5. The van der Waals surface area contributed by atoms with Gasteiger partial charge in [0.25, 0.3) is 5.91 Å². The van der Waals surface area contributed by atoms with Crippen LogP contribution in [0.15, 0.2) is 35.7 Å². The molecule has 2 amide bonds. The number of hydrogen-bond donors (Lipinski definition) is 2. The summed E-state index contributed by atoms with van der Waals surface area (Å²) in [6.07, 6.45) is 4.65. The van der Waals surface area contributed by atoms with Crippen LogP contribution in [0.25, 0.3) is 0 Å². The molecule has 2 heterocycles. The van der Waals surface area contributed by atoms with E-state index in [0.717, 1.165) is 44.2 Å². The molecule has 1 aliphatic heterocycles. The molecule has 11 heteroatoms. The van der Waals surface area contributed by atoms with E-state index in [4.69, 9.17) is 4.74 Å². The van der Waals surface area contributed by atoms with Gasteiger partial charge in [0.1, 0.15) is 10.7 Å². The van der Waals surface area contributed by atoms with Gasteiger partial charge in [-0.2, -0.15) is 0 Å². The molecular formula is C38H58N4O6S. The van der Waals surface area contributed by atoms with Crippen molar-refractivity contribution < 1.29 is 29.0 Å². The van der Waals surface area contributed by atoms with Crippen molar-refractivity contribution in [1.82, 2.24) is 20.1 Å². The van der Waals surface area contributed by atoms with E-state index in [1.54, 1.807) is 5.38 Å². The molecule has 0 radical (unpaired) electrons. The number of nitrogens with zero attached hydrogens (tertiary/aromatic N) is 3. The van der Waals surface area contributed by atoms with E-state index in [9.17, 15) is 24.3 Å². The zero-order valence-corrected chi connectivity index (χ0v) is 31.3.